The lowest BCUT2D eigenvalue weighted by Crippen LogP contribution is -2.19. The molecule has 0 bridgehead atoms. The first-order valence-corrected chi connectivity index (χ1v) is 7.23. The van der Waals surface area contributed by atoms with Crippen LogP contribution in [0.2, 0.25) is 0 Å². The van der Waals surface area contributed by atoms with Crippen LogP contribution in [0.15, 0.2) is 54.6 Å². The van der Waals surface area contributed by atoms with E-state index < -0.39 is 0 Å². The summed E-state index contributed by atoms with van der Waals surface area (Å²) in [6.45, 7) is 3.57. The van der Waals surface area contributed by atoms with E-state index in [0.717, 1.165) is 18.7 Å². The van der Waals surface area contributed by atoms with Gasteiger partial charge in [0.25, 0.3) is 0 Å². The Morgan fingerprint density at radius 2 is 1.81 bits per heavy atom. The van der Waals surface area contributed by atoms with Crippen molar-refractivity contribution in [1.29, 1.82) is 0 Å². The van der Waals surface area contributed by atoms with Crippen LogP contribution in [0, 0.1) is 12.3 Å². The Kier molecular flexibility index (Phi) is 5.87. The highest BCUT2D eigenvalue weighted by Crippen LogP contribution is 2.18. The molecule has 0 spiro atoms. The van der Waals surface area contributed by atoms with Crippen molar-refractivity contribution in [3.63, 3.8) is 0 Å². The Balaban J connectivity index is 1.85. The molecule has 1 atom stereocenters. The second-order valence-corrected chi connectivity index (χ2v) is 4.97. The van der Waals surface area contributed by atoms with Crippen molar-refractivity contribution in [3.8, 4) is 18.1 Å². The molecule has 0 fully saturated rings. The summed E-state index contributed by atoms with van der Waals surface area (Å²) in [5.41, 5.74) is 2.41. The van der Waals surface area contributed by atoms with E-state index in [4.69, 9.17) is 11.2 Å². The van der Waals surface area contributed by atoms with E-state index in [0.29, 0.717) is 12.6 Å². The smallest absolute Gasteiger partial charge is 0.119 e. The van der Waals surface area contributed by atoms with Gasteiger partial charge in [0.05, 0.1) is 0 Å². The lowest BCUT2D eigenvalue weighted by molar-refractivity contribution is 0.306. The van der Waals surface area contributed by atoms with Crippen molar-refractivity contribution in [3.05, 3.63) is 65.7 Å². The van der Waals surface area contributed by atoms with Gasteiger partial charge in [0.15, 0.2) is 0 Å². The van der Waals surface area contributed by atoms with Gasteiger partial charge in [0, 0.05) is 19.0 Å². The first-order valence-electron chi connectivity index (χ1n) is 7.23. The number of benzene rings is 2. The molecule has 1 N–H and O–H groups in total. The number of terminal acetylenes is 1. The number of hydrogen-bond acceptors (Lipinski definition) is 2. The first kappa shape index (κ1) is 15.2. The van der Waals surface area contributed by atoms with E-state index >= 15 is 0 Å². The summed E-state index contributed by atoms with van der Waals surface area (Å²) >= 11 is 0. The maximum Gasteiger partial charge on any atom is 0.119 e. The molecule has 0 radical (unpaired) electrons. The summed E-state index contributed by atoms with van der Waals surface area (Å²) < 4.78 is 5.78. The van der Waals surface area contributed by atoms with Gasteiger partial charge in [0.2, 0.25) is 0 Å². The molecule has 0 saturated heterocycles. The van der Waals surface area contributed by atoms with Gasteiger partial charge in [-0.2, -0.15) is 0 Å². The molecule has 0 saturated carbocycles. The molecular formula is C19H21NO. The summed E-state index contributed by atoms with van der Waals surface area (Å²) in [6, 6.07) is 18.7. The summed E-state index contributed by atoms with van der Waals surface area (Å²) in [5.74, 6) is 3.52. The zero-order chi connectivity index (χ0) is 14.9. The predicted molar refractivity (Wildman–Crippen MR) is 87.1 cm³/mol. The Hall–Kier alpha value is -2.24. The van der Waals surface area contributed by atoms with Crippen LogP contribution < -0.4 is 10.1 Å². The Morgan fingerprint density at radius 1 is 1.10 bits per heavy atom. The lowest BCUT2D eigenvalue weighted by Gasteiger charge is -2.14. The van der Waals surface area contributed by atoms with E-state index in [1.807, 2.05) is 30.3 Å². The van der Waals surface area contributed by atoms with E-state index in [-0.39, 0.29) is 0 Å². The third-order valence-corrected chi connectivity index (χ3v) is 3.35. The van der Waals surface area contributed by atoms with Crippen LogP contribution in [0.4, 0.5) is 0 Å². The zero-order valence-corrected chi connectivity index (χ0v) is 12.4. The summed E-state index contributed by atoms with van der Waals surface area (Å²) in [6.07, 6.45) is 6.00. The maximum absolute atomic E-state index is 5.78. The molecule has 2 aromatic carbocycles. The minimum Gasteiger partial charge on any atom is -0.489 e. The Labute approximate surface area is 127 Å². The number of ether oxygens (including phenoxy) is 1. The predicted octanol–water partition coefficient (Wildman–Crippen LogP) is 3.94. The monoisotopic (exact) mass is 279 g/mol. The van der Waals surface area contributed by atoms with Crippen molar-refractivity contribution in [2.24, 2.45) is 0 Å². The highest BCUT2D eigenvalue weighted by atomic mass is 16.5. The van der Waals surface area contributed by atoms with Crippen molar-refractivity contribution >= 4 is 0 Å². The molecule has 0 aliphatic carbocycles. The molecule has 2 heteroatoms. The van der Waals surface area contributed by atoms with E-state index in [9.17, 15) is 0 Å². The second-order valence-electron chi connectivity index (χ2n) is 4.97. The molecule has 0 amide bonds. The molecule has 2 aromatic rings. The van der Waals surface area contributed by atoms with Gasteiger partial charge in [-0.1, -0.05) is 42.5 Å². The molecule has 21 heavy (non-hydrogen) atoms. The lowest BCUT2D eigenvalue weighted by atomic mass is 10.1. The summed E-state index contributed by atoms with van der Waals surface area (Å²) in [5, 5.41) is 3.39. The molecule has 0 aliphatic heterocycles. The third kappa shape index (κ3) is 4.98. The average molecular weight is 279 g/mol. The fourth-order valence-corrected chi connectivity index (χ4v) is 2.07. The fourth-order valence-electron chi connectivity index (χ4n) is 2.07. The van der Waals surface area contributed by atoms with E-state index in [1.165, 1.54) is 11.1 Å². The second kappa shape index (κ2) is 8.14. The van der Waals surface area contributed by atoms with Crippen LogP contribution >= 0.6 is 0 Å². The van der Waals surface area contributed by atoms with Gasteiger partial charge >= 0.3 is 0 Å². The van der Waals surface area contributed by atoms with Crippen molar-refractivity contribution in [2.45, 2.75) is 26.0 Å². The maximum atomic E-state index is 5.78. The van der Waals surface area contributed by atoms with Crippen LogP contribution in [0.25, 0.3) is 0 Å². The number of nitrogens with one attached hydrogen (secondary N) is 1. The molecule has 108 valence electrons. The van der Waals surface area contributed by atoms with Gasteiger partial charge in [0.1, 0.15) is 12.4 Å². The van der Waals surface area contributed by atoms with Crippen LogP contribution in [0.1, 0.15) is 30.5 Å². The van der Waals surface area contributed by atoms with Crippen LogP contribution in [-0.4, -0.2) is 6.54 Å². The molecule has 2 rings (SSSR count). The van der Waals surface area contributed by atoms with Crippen LogP contribution in [0.5, 0.6) is 5.75 Å². The first-order chi connectivity index (χ1) is 10.3. The molecule has 0 heterocycles. The van der Waals surface area contributed by atoms with E-state index in [2.05, 4.69) is 42.4 Å². The van der Waals surface area contributed by atoms with Crippen molar-refractivity contribution in [2.75, 3.05) is 6.54 Å². The number of rotatable bonds is 7. The molecule has 0 aromatic heterocycles. The minimum atomic E-state index is 0.293. The van der Waals surface area contributed by atoms with Gasteiger partial charge < -0.3 is 10.1 Å². The van der Waals surface area contributed by atoms with Gasteiger partial charge in [-0.3, -0.25) is 0 Å². The minimum absolute atomic E-state index is 0.293. The highest BCUT2D eigenvalue weighted by Gasteiger charge is 2.04. The van der Waals surface area contributed by atoms with Crippen LogP contribution in [0.3, 0.4) is 0 Å². The third-order valence-electron chi connectivity index (χ3n) is 3.35. The van der Waals surface area contributed by atoms with Gasteiger partial charge in [-0.25, -0.2) is 0 Å². The molecule has 0 aliphatic rings. The standard InChI is InChI=1S/C19H21NO/c1-3-4-14-20-16(2)18-10-12-19(13-11-18)21-15-17-8-6-5-7-9-17/h1,5-13,16,20H,4,14-15H2,2H3. The number of hydrogen-bond donors (Lipinski definition) is 1. The van der Waals surface area contributed by atoms with Crippen molar-refractivity contribution < 1.29 is 4.74 Å². The molecule has 1 unspecified atom stereocenters. The van der Waals surface area contributed by atoms with Crippen LogP contribution in [-0.2, 0) is 6.61 Å². The highest BCUT2D eigenvalue weighted by molar-refractivity contribution is 5.29. The Bertz CT molecular complexity index is 569. The normalized spacial score (nSPS) is 11.6. The van der Waals surface area contributed by atoms with Gasteiger partial charge in [-0.05, 0) is 30.2 Å². The SMILES string of the molecule is C#CCCNC(C)c1ccc(OCc2ccccc2)cc1. The van der Waals surface area contributed by atoms with Gasteiger partial charge in [-0.15, -0.1) is 12.3 Å². The zero-order valence-electron chi connectivity index (χ0n) is 12.4. The fraction of sp³-hybridized carbons (Fsp3) is 0.263. The largest absolute Gasteiger partial charge is 0.489 e. The Morgan fingerprint density at radius 3 is 2.48 bits per heavy atom. The summed E-state index contributed by atoms with van der Waals surface area (Å²) in [7, 11) is 0. The topological polar surface area (TPSA) is 21.3 Å². The quantitative estimate of drug-likeness (QED) is 0.612. The van der Waals surface area contributed by atoms with Crippen molar-refractivity contribution in [1.82, 2.24) is 5.32 Å². The molecule has 2 nitrogen and oxygen atoms in total. The average Bonchev–Trinajstić information content (AvgIpc) is 2.54. The molecular weight excluding hydrogens is 258 g/mol. The summed E-state index contributed by atoms with van der Waals surface area (Å²) in [4.78, 5) is 0. The van der Waals surface area contributed by atoms with E-state index in [1.54, 1.807) is 0 Å².